The van der Waals surface area contributed by atoms with Gasteiger partial charge in [0.05, 0.1) is 18.2 Å². The van der Waals surface area contributed by atoms with Crippen LogP contribution in [0.4, 0.5) is 0 Å². The van der Waals surface area contributed by atoms with Crippen molar-refractivity contribution in [3.8, 4) is 17.5 Å². The summed E-state index contributed by atoms with van der Waals surface area (Å²) in [5.41, 5.74) is 3.25. The van der Waals surface area contributed by atoms with Crippen molar-refractivity contribution in [3.05, 3.63) is 66.4 Å². The van der Waals surface area contributed by atoms with Crippen molar-refractivity contribution in [3.63, 3.8) is 0 Å². The zero-order valence-electron chi connectivity index (χ0n) is 15.3. The summed E-state index contributed by atoms with van der Waals surface area (Å²) < 4.78 is 4.19. The molecular formula is C20H20Cl2N6. The minimum atomic E-state index is 0. The maximum atomic E-state index is 9.40. The summed E-state index contributed by atoms with van der Waals surface area (Å²) in [5, 5.41) is 9.40. The molecule has 0 N–H and O–H groups in total. The smallest absolute Gasteiger partial charge is 0.160 e. The molecule has 0 aliphatic rings. The average molecular weight is 415 g/mol. The fourth-order valence-corrected chi connectivity index (χ4v) is 3.19. The summed E-state index contributed by atoms with van der Waals surface area (Å²) >= 11 is 0. The number of pyridine rings is 1. The molecule has 3 heterocycles. The van der Waals surface area contributed by atoms with Crippen LogP contribution in [0.15, 0.2) is 55.0 Å². The Kier molecular flexibility index (Phi) is 7.16. The predicted octanol–water partition coefficient (Wildman–Crippen LogP) is 4.47. The quantitative estimate of drug-likeness (QED) is 0.482. The van der Waals surface area contributed by atoms with Crippen LogP contribution in [0.2, 0.25) is 0 Å². The Balaban J connectivity index is 0.00000140. The number of nitriles is 1. The van der Waals surface area contributed by atoms with Crippen LogP contribution >= 0.6 is 24.8 Å². The van der Waals surface area contributed by atoms with E-state index in [-0.39, 0.29) is 24.8 Å². The highest BCUT2D eigenvalue weighted by Crippen LogP contribution is 2.23. The molecule has 0 fully saturated rings. The van der Waals surface area contributed by atoms with E-state index in [4.69, 9.17) is 4.98 Å². The van der Waals surface area contributed by atoms with E-state index in [2.05, 4.69) is 27.5 Å². The van der Waals surface area contributed by atoms with Crippen LogP contribution in [0, 0.1) is 11.3 Å². The molecule has 0 atom stereocenters. The summed E-state index contributed by atoms with van der Waals surface area (Å²) in [5.74, 6) is 1.71. The molecule has 0 aliphatic carbocycles. The van der Waals surface area contributed by atoms with Gasteiger partial charge in [-0.2, -0.15) is 5.26 Å². The fraction of sp³-hybridized carbons (Fsp3) is 0.200. The topological polar surface area (TPSA) is 72.3 Å². The van der Waals surface area contributed by atoms with Gasteiger partial charge in [0.15, 0.2) is 5.65 Å². The van der Waals surface area contributed by atoms with E-state index in [0.29, 0.717) is 12.1 Å². The first-order chi connectivity index (χ1) is 12.8. The molecule has 0 radical (unpaired) electrons. The summed E-state index contributed by atoms with van der Waals surface area (Å²) in [6.45, 7) is 3.58. The van der Waals surface area contributed by atoms with E-state index in [9.17, 15) is 5.26 Å². The van der Waals surface area contributed by atoms with Crippen molar-refractivity contribution in [1.82, 2.24) is 24.1 Å². The fourth-order valence-electron chi connectivity index (χ4n) is 3.19. The second-order valence-corrected chi connectivity index (χ2v) is 6.06. The van der Waals surface area contributed by atoms with Crippen molar-refractivity contribution in [2.45, 2.75) is 26.4 Å². The molecule has 0 bridgehead atoms. The highest BCUT2D eigenvalue weighted by atomic mass is 35.5. The summed E-state index contributed by atoms with van der Waals surface area (Å²) in [7, 11) is 0. The third kappa shape index (κ3) is 3.86. The van der Waals surface area contributed by atoms with Gasteiger partial charge in [0.1, 0.15) is 17.2 Å². The Hall–Kier alpha value is -2.88. The molecule has 4 rings (SSSR count). The van der Waals surface area contributed by atoms with Crippen LogP contribution in [-0.4, -0.2) is 24.1 Å². The van der Waals surface area contributed by atoms with Gasteiger partial charge < -0.3 is 9.13 Å². The lowest BCUT2D eigenvalue weighted by Crippen LogP contribution is -2.10. The van der Waals surface area contributed by atoms with Crippen LogP contribution < -0.4 is 0 Å². The second-order valence-electron chi connectivity index (χ2n) is 6.06. The molecule has 0 saturated heterocycles. The van der Waals surface area contributed by atoms with E-state index >= 15 is 0 Å². The van der Waals surface area contributed by atoms with Crippen molar-refractivity contribution in [2.75, 3.05) is 0 Å². The maximum Gasteiger partial charge on any atom is 0.160 e. The molecule has 4 aromatic rings. The van der Waals surface area contributed by atoms with Crippen LogP contribution in [-0.2, 0) is 13.1 Å². The highest BCUT2D eigenvalue weighted by Gasteiger charge is 2.15. The lowest BCUT2D eigenvalue weighted by molar-refractivity contribution is 0.623. The first-order valence-corrected chi connectivity index (χ1v) is 8.62. The summed E-state index contributed by atoms with van der Waals surface area (Å²) in [6, 6.07) is 13.7. The van der Waals surface area contributed by atoms with Crippen LogP contribution in [0.3, 0.4) is 0 Å². The summed E-state index contributed by atoms with van der Waals surface area (Å²) in [4.78, 5) is 13.7. The molecule has 144 valence electrons. The Morgan fingerprint density at radius 3 is 2.64 bits per heavy atom. The third-order valence-corrected chi connectivity index (χ3v) is 4.35. The lowest BCUT2D eigenvalue weighted by Gasteiger charge is -2.11. The van der Waals surface area contributed by atoms with Crippen LogP contribution in [0.25, 0.3) is 22.6 Å². The third-order valence-electron chi connectivity index (χ3n) is 4.35. The predicted molar refractivity (Wildman–Crippen MR) is 114 cm³/mol. The van der Waals surface area contributed by atoms with Gasteiger partial charge in [0, 0.05) is 30.7 Å². The Bertz CT molecular complexity index is 1110. The first-order valence-electron chi connectivity index (χ1n) is 8.62. The molecule has 3 aromatic heterocycles. The molecule has 6 nitrogen and oxygen atoms in total. The Labute approximate surface area is 175 Å². The van der Waals surface area contributed by atoms with Gasteiger partial charge in [-0.05, 0) is 30.7 Å². The zero-order chi connectivity index (χ0) is 17.9. The standard InChI is InChI=1S/C20H18N6.2ClH/c1-2-11-26-18(24-17-8-5-9-22-20(17)26)14-25-12-10-23-19(25)16-7-4-3-6-15(16)13-21;;/h3-10,12H,2,11,14H2,1H3;2*1H. The number of aryl methyl sites for hydroxylation is 1. The molecule has 0 aliphatic heterocycles. The average Bonchev–Trinajstić information content (AvgIpc) is 3.27. The lowest BCUT2D eigenvalue weighted by atomic mass is 10.1. The molecule has 1 aromatic carbocycles. The number of nitrogens with zero attached hydrogens (tertiary/aromatic N) is 6. The van der Waals surface area contributed by atoms with Crippen LogP contribution in [0.5, 0.6) is 0 Å². The first kappa shape index (κ1) is 21.4. The minimum absolute atomic E-state index is 0. The number of hydrogen-bond donors (Lipinski definition) is 0. The normalized spacial score (nSPS) is 10.1. The van der Waals surface area contributed by atoms with Gasteiger partial charge in [0.25, 0.3) is 0 Å². The largest absolute Gasteiger partial charge is 0.323 e. The number of aromatic nitrogens is 5. The maximum absolute atomic E-state index is 9.40. The van der Waals surface area contributed by atoms with Crippen molar-refractivity contribution < 1.29 is 0 Å². The van der Waals surface area contributed by atoms with Gasteiger partial charge in [-0.25, -0.2) is 15.0 Å². The van der Waals surface area contributed by atoms with Crippen molar-refractivity contribution in [1.29, 1.82) is 5.26 Å². The number of benzene rings is 1. The second kappa shape index (κ2) is 9.36. The highest BCUT2D eigenvalue weighted by molar-refractivity contribution is 5.85. The van der Waals surface area contributed by atoms with Gasteiger partial charge in [0.2, 0.25) is 0 Å². The van der Waals surface area contributed by atoms with Gasteiger partial charge in [-0.3, -0.25) is 0 Å². The number of fused-ring (bicyclic) bond motifs is 1. The SMILES string of the molecule is CCCn1c(Cn2ccnc2-c2ccccc2C#N)nc2cccnc21.Cl.Cl. The van der Waals surface area contributed by atoms with Gasteiger partial charge >= 0.3 is 0 Å². The van der Waals surface area contributed by atoms with Crippen molar-refractivity contribution >= 4 is 36.0 Å². The number of halogens is 2. The van der Waals surface area contributed by atoms with Gasteiger partial charge in [-0.15, -0.1) is 24.8 Å². The van der Waals surface area contributed by atoms with Crippen LogP contribution in [0.1, 0.15) is 24.7 Å². The Morgan fingerprint density at radius 2 is 1.86 bits per heavy atom. The zero-order valence-corrected chi connectivity index (χ0v) is 17.0. The Morgan fingerprint density at radius 1 is 1.04 bits per heavy atom. The van der Waals surface area contributed by atoms with E-state index in [1.54, 1.807) is 12.4 Å². The molecular weight excluding hydrogens is 395 g/mol. The molecule has 0 spiro atoms. The monoisotopic (exact) mass is 414 g/mol. The van der Waals surface area contributed by atoms with Gasteiger partial charge in [-0.1, -0.05) is 19.1 Å². The summed E-state index contributed by atoms with van der Waals surface area (Å²) in [6.07, 6.45) is 6.48. The molecule has 0 amide bonds. The number of hydrogen-bond acceptors (Lipinski definition) is 4. The van der Waals surface area contributed by atoms with E-state index in [1.807, 2.05) is 47.2 Å². The molecule has 8 heteroatoms. The minimum Gasteiger partial charge on any atom is -0.323 e. The van der Waals surface area contributed by atoms with Crippen molar-refractivity contribution in [2.24, 2.45) is 0 Å². The molecule has 0 unspecified atom stereocenters. The molecule has 28 heavy (non-hydrogen) atoms. The van der Waals surface area contributed by atoms with E-state index < -0.39 is 0 Å². The van der Waals surface area contributed by atoms with E-state index in [1.165, 1.54) is 0 Å². The number of rotatable bonds is 5. The van der Waals surface area contributed by atoms with E-state index in [0.717, 1.165) is 41.3 Å². The number of imidazole rings is 2. The molecule has 0 saturated carbocycles.